The van der Waals surface area contributed by atoms with E-state index in [1.54, 1.807) is 7.11 Å². The number of carbonyl (C=O) groups excluding carboxylic acids is 1. The van der Waals surface area contributed by atoms with Gasteiger partial charge in [-0.1, -0.05) is 30.3 Å². The summed E-state index contributed by atoms with van der Waals surface area (Å²) < 4.78 is 7.35. The second-order valence-corrected chi connectivity index (χ2v) is 5.94. The zero-order chi connectivity index (χ0) is 17.3. The zero-order valence-corrected chi connectivity index (χ0v) is 14.1. The van der Waals surface area contributed by atoms with E-state index in [2.05, 4.69) is 0 Å². The first-order valence-corrected chi connectivity index (χ1v) is 7.97. The first-order valence-electron chi connectivity index (χ1n) is 7.97. The standard InChI is InChI=1S/C20H21NO3/c1-13(12-22)21-14(2)19(20(23)15-7-5-4-6-8-15)17-11-16(24-3)9-10-18(17)21/h4-11,13,22H,12H2,1-3H3. The molecule has 1 atom stereocenters. The fourth-order valence-corrected chi connectivity index (χ4v) is 3.22. The van der Waals surface area contributed by atoms with E-state index >= 15 is 0 Å². The van der Waals surface area contributed by atoms with Crippen LogP contribution in [0.15, 0.2) is 48.5 Å². The molecule has 24 heavy (non-hydrogen) atoms. The van der Waals surface area contributed by atoms with E-state index in [1.807, 2.05) is 66.9 Å². The predicted molar refractivity (Wildman–Crippen MR) is 94.9 cm³/mol. The molecule has 1 heterocycles. The maximum atomic E-state index is 13.1. The van der Waals surface area contributed by atoms with Crippen molar-refractivity contribution >= 4 is 16.7 Å². The van der Waals surface area contributed by atoms with Gasteiger partial charge in [0.15, 0.2) is 5.78 Å². The van der Waals surface area contributed by atoms with Gasteiger partial charge < -0.3 is 14.4 Å². The predicted octanol–water partition coefficient (Wildman–Crippen LogP) is 3.74. The molecule has 3 aromatic rings. The molecule has 4 nitrogen and oxygen atoms in total. The summed E-state index contributed by atoms with van der Waals surface area (Å²) in [7, 11) is 1.61. The van der Waals surface area contributed by atoms with Gasteiger partial charge in [-0.05, 0) is 32.0 Å². The number of aromatic nitrogens is 1. The van der Waals surface area contributed by atoms with E-state index in [0.29, 0.717) is 16.9 Å². The molecule has 0 radical (unpaired) electrons. The van der Waals surface area contributed by atoms with Gasteiger partial charge in [-0.15, -0.1) is 0 Å². The average Bonchev–Trinajstić information content (AvgIpc) is 2.92. The van der Waals surface area contributed by atoms with Crippen LogP contribution >= 0.6 is 0 Å². The molecule has 0 aliphatic rings. The molecule has 1 unspecified atom stereocenters. The summed E-state index contributed by atoms with van der Waals surface area (Å²) in [6.07, 6.45) is 0. The Morgan fingerprint density at radius 1 is 1.21 bits per heavy atom. The molecule has 0 spiro atoms. The summed E-state index contributed by atoms with van der Waals surface area (Å²) in [6, 6.07) is 14.8. The van der Waals surface area contributed by atoms with Crippen LogP contribution in [0.3, 0.4) is 0 Å². The Balaban J connectivity index is 2.29. The van der Waals surface area contributed by atoms with Crippen molar-refractivity contribution in [2.45, 2.75) is 19.9 Å². The largest absolute Gasteiger partial charge is 0.497 e. The third-order valence-electron chi connectivity index (χ3n) is 4.42. The van der Waals surface area contributed by atoms with E-state index in [1.165, 1.54) is 0 Å². The van der Waals surface area contributed by atoms with Gasteiger partial charge in [0.2, 0.25) is 0 Å². The molecule has 0 amide bonds. The third kappa shape index (κ3) is 2.59. The molecule has 0 saturated carbocycles. The minimum absolute atomic E-state index is 0.00954. The van der Waals surface area contributed by atoms with Crippen LogP contribution in [0.4, 0.5) is 0 Å². The Hall–Kier alpha value is -2.59. The quantitative estimate of drug-likeness (QED) is 0.728. The van der Waals surface area contributed by atoms with Crippen molar-refractivity contribution in [1.82, 2.24) is 4.57 Å². The highest BCUT2D eigenvalue weighted by Crippen LogP contribution is 2.33. The second-order valence-electron chi connectivity index (χ2n) is 5.94. The van der Waals surface area contributed by atoms with Crippen LogP contribution in [-0.4, -0.2) is 29.2 Å². The smallest absolute Gasteiger partial charge is 0.195 e. The SMILES string of the molecule is COc1ccc2c(c1)c(C(=O)c1ccccc1)c(C)n2C(C)CO. The molecule has 0 aliphatic heterocycles. The van der Waals surface area contributed by atoms with E-state index in [4.69, 9.17) is 4.74 Å². The molecule has 3 rings (SSSR count). The molecule has 0 bridgehead atoms. The number of aliphatic hydroxyl groups is 1. The molecule has 4 heteroatoms. The van der Waals surface area contributed by atoms with Gasteiger partial charge in [0.05, 0.1) is 25.3 Å². The number of hydrogen-bond donors (Lipinski definition) is 1. The van der Waals surface area contributed by atoms with E-state index in [0.717, 1.165) is 16.6 Å². The van der Waals surface area contributed by atoms with Crippen molar-refractivity contribution < 1.29 is 14.6 Å². The minimum Gasteiger partial charge on any atom is -0.497 e. The minimum atomic E-state index is -0.113. The number of benzene rings is 2. The molecule has 0 fully saturated rings. The van der Waals surface area contributed by atoms with Crippen LogP contribution in [0.2, 0.25) is 0 Å². The van der Waals surface area contributed by atoms with E-state index < -0.39 is 0 Å². The molecule has 0 aliphatic carbocycles. The number of ether oxygens (including phenoxy) is 1. The fraction of sp³-hybridized carbons (Fsp3) is 0.250. The molecular weight excluding hydrogens is 302 g/mol. The van der Waals surface area contributed by atoms with E-state index in [-0.39, 0.29) is 18.4 Å². The highest BCUT2D eigenvalue weighted by Gasteiger charge is 2.23. The molecule has 1 N–H and O–H groups in total. The second kappa shape index (κ2) is 6.49. The maximum Gasteiger partial charge on any atom is 0.195 e. The lowest BCUT2D eigenvalue weighted by atomic mass is 10.0. The van der Waals surface area contributed by atoms with Gasteiger partial charge >= 0.3 is 0 Å². The van der Waals surface area contributed by atoms with Crippen LogP contribution in [-0.2, 0) is 0 Å². The Kier molecular flexibility index (Phi) is 4.40. The van der Waals surface area contributed by atoms with Crippen molar-refractivity contribution in [3.8, 4) is 5.75 Å². The van der Waals surface area contributed by atoms with Crippen molar-refractivity contribution in [2.75, 3.05) is 13.7 Å². The van der Waals surface area contributed by atoms with Gasteiger partial charge in [0.25, 0.3) is 0 Å². The van der Waals surface area contributed by atoms with Crippen molar-refractivity contribution in [3.05, 3.63) is 65.4 Å². The Labute approximate surface area is 141 Å². The number of aliphatic hydroxyl groups excluding tert-OH is 1. The number of hydrogen-bond acceptors (Lipinski definition) is 3. The number of ketones is 1. The summed E-state index contributed by atoms with van der Waals surface area (Å²) in [4.78, 5) is 13.1. The third-order valence-corrected chi connectivity index (χ3v) is 4.42. The summed E-state index contributed by atoms with van der Waals surface area (Å²) >= 11 is 0. The molecule has 2 aromatic carbocycles. The van der Waals surface area contributed by atoms with E-state index in [9.17, 15) is 9.90 Å². The number of fused-ring (bicyclic) bond motifs is 1. The van der Waals surface area contributed by atoms with Gasteiger partial charge in [0.1, 0.15) is 5.75 Å². The van der Waals surface area contributed by atoms with Crippen molar-refractivity contribution in [2.24, 2.45) is 0 Å². The van der Waals surface area contributed by atoms with Crippen LogP contribution < -0.4 is 4.74 Å². The van der Waals surface area contributed by atoms with Gasteiger partial charge in [-0.2, -0.15) is 0 Å². The van der Waals surface area contributed by atoms with Crippen LogP contribution in [0.5, 0.6) is 5.75 Å². The van der Waals surface area contributed by atoms with Crippen molar-refractivity contribution in [3.63, 3.8) is 0 Å². The Morgan fingerprint density at radius 2 is 1.92 bits per heavy atom. The lowest BCUT2D eigenvalue weighted by Crippen LogP contribution is -2.12. The summed E-state index contributed by atoms with van der Waals surface area (Å²) in [6.45, 7) is 3.87. The zero-order valence-electron chi connectivity index (χ0n) is 14.1. The number of methoxy groups -OCH3 is 1. The summed E-state index contributed by atoms with van der Waals surface area (Å²) in [5, 5.41) is 10.5. The van der Waals surface area contributed by atoms with Crippen LogP contribution in [0, 0.1) is 6.92 Å². The average molecular weight is 323 g/mol. The molecule has 0 saturated heterocycles. The fourth-order valence-electron chi connectivity index (χ4n) is 3.22. The summed E-state index contributed by atoms with van der Waals surface area (Å²) in [5.41, 5.74) is 3.09. The lowest BCUT2D eigenvalue weighted by molar-refractivity contribution is 0.103. The lowest BCUT2D eigenvalue weighted by Gasteiger charge is -2.15. The number of rotatable bonds is 5. The van der Waals surface area contributed by atoms with Crippen LogP contribution in [0.25, 0.3) is 10.9 Å². The normalized spacial score (nSPS) is 12.3. The number of carbonyl (C=O) groups is 1. The highest BCUT2D eigenvalue weighted by molar-refractivity contribution is 6.17. The first kappa shape index (κ1) is 16.3. The highest BCUT2D eigenvalue weighted by atomic mass is 16.5. The topological polar surface area (TPSA) is 51.5 Å². The van der Waals surface area contributed by atoms with Gasteiger partial charge in [0, 0.05) is 22.2 Å². The molecule has 124 valence electrons. The monoisotopic (exact) mass is 323 g/mol. The molecular formula is C20H21NO3. The first-order chi connectivity index (χ1) is 11.6. The van der Waals surface area contributed by atoms with Gasteiger partial charge in [-0.25, -0.2) is 0 Å². The Bertz CT molecular complexity index is 881. The summed E-state index contributed by atoms with van der Waals surface area (Å²) in [5.74, 6) is 0.689. The number of nitrogens with zero attached hydrogens (tertiary/aromatic N) is 1. The van der Waals surface area contributed by atoms with Gasteiger partial charge in [-0.3, -0.25) is 4.79 Å². The van der Waals surface area contributed by atoms with Crippen molar-refractivity contribution in [1.29, 1.82) is 0 Å². The molecule has 1 aromatic heterocycles. The Morgan fingerprint density at radius 3 is 2.54 bits per heavy atom. The maximum absolute atomic E-state index is 13.1. The van der Waals surface area contributed by atoms with Crippen LogP contribution in [0.1, 0.15) is 34.6 Å².